The summed E-state index contributed by atoms with van der Waals surface area (Å²) < 4.78 is 16.5. The zero-order chi connectivity index (χ0) is 22.5. The molecule has 0 radical (unpaired) electrons. The third kappa shape index (κ3) is 4.49. The number of fused-ring (bicyclic) bond motifs is 1. The van der Waals surface area contributed by atoms with Gasteiger partial charge in [-0.2, -0.15) is 0 Å². The van der Waals surface area contributed by atoms with Gasteiger partial charge in [0.15, 0.2) is 24.2 Å². The standard InChI is InChI=1S/C26H23NO5/c1-17-12-13-22(23(14-17)30-2)31-16-24(28)32-26(18-8-4-3-5-9-18)25(29)20-15-27-21-11-7-6-10-19(20)21/h3-15,26-27H,16H2,1-2H3. The second-order valence-corrected chi connectivity index (χ2v) is 7.34. The van der Waals surface area contributed by atoms with Crippen LogP contribution in [0.2, 0.25) is 0 Å². The number of nitrogens with one attached hydrogen (secondary N) is 1. The molecule has 0 aliphatic carbocycles. The van der Waals surface area contributed by atoms with Gasteiger partial charge in [-0.3, -0.25) is 4.79 Å². The number of ether oxygens (including phenoxy) is 3. The van der Waals surface area contributed by atoms with Crippen LogP contribution in [0.3, 0.4) is 0 Å². The maximum atomic E-state index is 13.4. The fraction of sp³-hybridized carbons (Fsp3) is 0.154. The molecule has 162 valence electrons. The Morgan fingerprint density at radius 1 is 0.938 bits per heavy atom. The third-order valence-corrected chi connectivity index (χ3v) is 5.11. The van der Waals surface area contributed by atoms with Gasteiger partial charge in [0.25, 0.3) is 0 Å². The number of aromatic amines is 1. The molecule has 4 rings (SSSR count). The lowest BCUT2D eigenvalue weighted by atomic mass is 9.99. The Balaban J connectivity index is 1.55. The lowest BCUT2D eigenvalue weighted by Crippen LogP contribution is -2.23. The number of aryl methyl sites for hydroxylation is 1. The number of ketones is 1. The summed E-state index contributed by atoms with van der Waals surface area (Å²) in [7, 11) is 1.53. The van der Waals surface area contributed by atoms with Crippen LogP contribution in [0.25, 0.3) is 10.9 Å². The van der Waals surface area contributed by atoms with Crippen molar-refractivity contribution in [3.8, 4) is 11.5 Å². The molecule has 1 heterocycles. The van der Waals surface area contributed by atoms with Crippen molar-refractivity contribution < 1.29 is 23.8 Å². The summed E-state index contributed by atoms with van der Waals surface area (Å²) in [5.41, 5.74) is 2.89. The largest absolute Gasteiger partial charge is 0.493 e. The molecule has 0 fully saturated rings. The van der Waals surface area contributed by atoms with Crippen molar-refractivity contribution in [1.82, 2.24) is 4.98 Å². The van der Waals surface area contributed by atoms with Crippen LogP contribution in [-0.2, 0) is 9.53 Å². The second-order valence-electron chi connectivity index (χ2n) is 7.34. The van der Waals surface area contributed by atoms with Gasteiger partial charge in [0.1, 0.15) is 0 Å². The number of methoxy groups -OCH3 is 1. The average Bonchev–Trinajstić information content (AvgIpc) is 3.26. The van der Waals surface area contributed by atoms with Gasteiger partial charge in [0.2, 0.25) is 5.78 Å². The number of hydrogen-bond donors (Lipinski definition) is 1. The van der Waals surface area contributed by atoms with Crippen LogP contribution in [0, 0.1) is 6.92 Å². The molecule has 6 nitrogen and oxygen atoms in total. The monoisotopic (exact) mass is 429 g/mol. The zero-order valence-corrected chi connectivity index (χ0v) is 17.8. The van der Waals surface area contributed by atoms with E-state index in [1.54, 1.807) is 36.5 Å². The topological polar surface area (TPSA) is 77.6 Å². The molecule has 0 aliphatic heterocycles. The molecular weight excluding hydrogens is 406 g/mol. The van der Waals surface area contributed by atoms with Crippen LogP contribution >= 0.6 is 0 Å². The van der Waals surface area contributed by atoms with Gasteiger partial charge in [-0.25, -0.2) is 4.79 Å². The molecule has 1 N–H and O–H groups in total. The predicted molar refractivity (Wildman–Crippen MR) is 121 cm³/mol. The minimum atomic E-state index is -1.09. The molecular formula is C26H23NO5. The Hall–Kier alpha value is -4.06. The molecule has 32 heavy (non-hydrogen) atoms. The quantitative estimate of drug-likeness (QED) is 0.314. The fourth-order valence-corrected chi connectivity index (χ4v) is 3.51. The number of esters is 1. The summed E-state index contributed by atoms with van der Waals surface area (Å²) in [6.45, 7) is 1.57. The van der Waals surface area contributed by atoms with Crippen molar-refractivity contribution in [2.24, 2.45) is 0 Å². The first-order valence-electron chi connectivity index (χ1n) is 10.2. The van der Waals surface area contributed by atoms with E-state index in [1.165, 1.54) is 7.11 Å². The third-order valence-electron chi connectivity index (χ3n) is 5.11. The van der Waals surface area contributed by atoms with Crippen molar-refractivity contribution in [1.29, 1.82) is 0 Å². The van der Waals surface area contributed by atoms with Crippen molar-refractivity contribution in [2.75, 3.05) is 13.7 Å². The first-order chi connectivity index (χ1) is 15.6. The van der Waals surface area contributed by atoms with Crippen molar-refractivity contribution in [3.63, 3.8) is 0 Å². The Morgan fingerprint density at radius 2 is 1.69 bits per heavy atom. The molecule has 4 aromatic rings. The maximum Gasteiger partial charge on any atom is 0.345 e. The minimum absolute atomic E-state index is 0.310. The number of benzene rings is 3. The van der Waals surface area contributed by atoms with E-state index in [2.05, 4.69) is 4.98 Å². The van der Waals surface area contributed by atoms with Gasteiger partial charge in [-0.15, -0.1) is 0 Å². The van der Waals surface area contributed by atoms with E-state index in [0.29, 0.717) is 22.6 Å². The second kappa shape index (κ2) is 9.39. The van der Waals surface area contributed by atoms with Crippen LogP contribution in [-0.4, -0.2) is 30.5 Å². The van der Waals surface area contributed by atoms with Crippen molar-refractivity contribution in [2.45, 2.75) is 13.0 Å². The van der Waals surface area contributed by atoms with E-state index < -0.39 is 12.1 Å². The lowest BCUT2D eigenvalue weighted by Gasteiger charge is -2.18. The molecule has 0 amide bonds. The van der Waals surface area contributed by atoms with Gasteiger partial charge < -0.3 is 19.2 Å². The molecule has 0 spiro atoms. The molecule has 0 bridgehead atoms. The normalized spacial score (nSPS) is 11.7. The highest BCUT2D eigenvalue weighted by Crippen LogP contribution is 2.29. The molecule has 3 aromatic carbocycles. The highest BCUT2D eigenvalue weighted by atomic mass is 16.6. The summed E-state index contributed by atoms with van der Waals surface area (Å²) in [6.07, 6.45) is 0.552. The number of carbonyl (C=O) groups excluding carboxylic acids is 2. The molecule has 0 saturated heterocycles. The Bertz CT molecular complexity index is 1250. The summed E-state index contributed by atoms with van der Waals surface area (Å²) in [5.74, 6) is -0.0221. The van der Waals surface area contributed by atoms with Gasteiger partial charge >= 0.3 is 5.97 Å². The van der Waals surface area contributed by atoms with Crippen LogP contribution in [0.1, 0.15) is 27.6 Å². The Morgan fingerprint density at radius 3 is 2.47 bits per heavy atom. The van der Waals surface area contributed by atoms with Gasteiger partial charge in [-0.1, -0.05) is 54.6 Å². The number of hydrogen-bond acceptors (Lipinski definition) is 5. The Kier molecular flexibility index (Phi) is 6.22. The van der Waals surface area contributed by atoms with E-state index >= 15 is 0 Å². The van der Waals surface area contributed by atoms with Crippen LogP contribution in [0.4, 0.5) is 0 Å². The molecule has 1 unspecified atom stereocenters. The lowest BCUT2D eigenvalue weighted by molar-refractivity contribution is -0.149. The number of H-pyrrole nitrogens is 1. The molecule has 0 aliphatic rings. The first-order valence-corrected chi connectivity index (χ1v) is 10.2. The predicted octanol–water partition coefficient (Wildman–Crippen LogP) is 5.03. The number of aromatic nitrogens is 1. The number of carbonyl (C=O) groups is 2. The van der Waals surface area contributed by atoms with Gasteiger partial charge in [0.05, 0.1) is 7.11 Å². The van der Waals surface area contributed by atoms with Crippen LogP contribution < -0.4 is 9.47 Å². The summed E-state index contributed by atoms with van der Waals surface area (Å²) in [6, 6.07) is 21.8. The van der Waals surface area contributed by atoms with Crippen molar-refractivity contribution >= 4 is 22.7 Å². The van der Waals surface area contributed by atoms with Gasteiger partial charge in [-0.05, 0) is 30.7 Å². The summed E-state index contributed by atoms with van der Waals surface area (Å²) >= 11 is 0. The van der Waals surface area contributed by atoms with Crippen LogP contribution in [0.5, 0.6) is 11.5 Å². The highest BCUT2D eigenvalue weighted by Gasteiger charge is 2.28. The Labute approximate surface area is 185 Å². The minimum Gasteiger partial charge on any atom is -0.493 e. The summed E-state index contributed by atoms with van der Waals surface area (Å²) in [4.78, 5) is 29.2. The van der Waals surface area contributed by atoms with Crippen molar-refractivity contribution in [3.05, 3.63) is 95.7 Å². The van der Waals surface area contributed by atoms with Crippen LogP contribution in [0.15, 0.2) is 79.0 Å². The number of rotatable bonds is 8. The maximum absolute atomic E-state index is 13.4. The molecule has 1 aromatic heterocycles. The SMILES string of the molecule is COc1cc(C)ccc1OCC(=O)OC(C(=O)c1c[nH]c2ccccc12)c1ccccc1. The van der Waals surface area contributed by atoms with Gasteiger partial charge in [0, 0.05) is 28.2 Å². The zero-order valence-electron chi connectivity index (χ0n) is 17.8. The van der Waals surface area contributed by atoms with E-state index in [4.69, 9.17) is 14.2 Å². The fourth-order valence-electron chi connectivity index (χ4n) is 3.51. The number of Topliss-reactive ketones (excluding diaryl/α,β-unsaturated/α-hetero) is 1. The molecule has 6 heteroatoms. The molecule has 0 saturated carbocycles. The average molecular weight is 429 g/mol. The van der Waals surface area contributed by atoms with E-state index in [9.17, 15) is 9.59 Å². The molecule has 1 atom stereocenters. The van der Waals surface area contributed by atoms with E-state index in [0.717, 1.165) is 16.5 Å². The highest BCUT2D eigenvalue weighted by molar-refractivity contribution is 6.10. The summed E-state index contributed by atoms with van der Waals surface area (Å²) in [5, 5.41) is 0.773. The number of para-hydroxylation sites is 1. The smallest absolute Gasteiger partial charge is 0.345 e. The van der Waals surface area contributed by atoms with E-state index in [1.807, 2.05) is 49.4 Å². The first kappa shape index (κ1) is 21.2. The van der Waals surface area contributed by atoms with E-state index in [-0.39, 0.29) is 12.4 Å².